The molecule has 0 aliphatic carbocycles. The molecular formula is C17H13F2N3O6. The van der Waals surface area contributed by atoms with Gasteiger partial charge in [0, 0.05) is 17.8 Å². The molecule has 0 fully saturated rings. The summed E-state index contributed by atoms with van der Waals surface area (Å²) in [7, 11) is 0. The maximum absolute atomic E-state index is 13.1. The van der Waals surface area contributed by atoms with Gasteiger partial charge in [-0.3, -0.25) is 19.7 Å². The molecule has 146 valence electrons. The van der Waals surface area contributed by atoms with Crippen LogP contribution in [0.25, 0.3) is 0 Å². The van der Waals surface area contributed by atoms with Crippen LogP contribution >= 0.6 is 0 Å². The fourth-order valence-electron chi connectivity index (χ4n) is 2.02. The van der Waals surface area contributed by atoms with Gasteiger partial charge in [0.1, 0.15) is 5.56 Å². The van der Waals surface area contributed by atoms with E-state index in [1.165, 1.54) is 18.2 Å². The number of benzene rings is 2. The maximum atomic E-state index is 13.1. The fourth-order valence-corrected chi connectivity index (χ4v) is 2.02. The number of carbonyl (C=O) groups excluding carboxylic acids is 3. The number of ether oxygens (including phenoxy) is 1. The Morgan fingerprint density at radius 2 is 1.75 bits per heavy atom. The first-order valence-electron chi connectivity index (χ1n) is 7.70. The normalized spacial score (nSPS) is 10.1. The number of halogens is 2. The quantitative estimate of drug-likeness (QED) is 0.419. The highest BCUT2D eigenvalue weighted by Gasteiger charge is 2.21. The Morgan fingerprint density at radius 3 is 2.43 bits per heavy atom. The number of para-hydroxylation sites is 1. The average molecular weight is 393 g/mol. The summed E-state index contributed by atoms with van der Waals surface area (Å²) in [4.78, 5) is 45.3. The number of nitro groups is 1. The van der Waals surface area contributed by atoms with Crippen LogP contribution in [0.4, 0.5) is 20.2 Å². The smallest absolute Gasteiger partial charge is 0.345 e. The summed E-state index contributed by atoms with van der Waals surface area (Å²) in [6.45, 7) is -1.30. The summed E-state index contributed by atoms with van der Waals surface area (Å²) in [6.07, 6.45) is 0. The molecule has 11 heteroatoms. The van der Waals surface area contributed by atoms with E-state index >= 15 is 0 Å². The number of carbonyl (C=O) groups is 3. The maximum Gasteiger partial charge on any atom is 0.345 e. The SMILES string of the molecule is O=C(COC(=O)c1ccccc1[N+](=O)[O-])NCC(=O)Nc1ccc(F)c(F)c1. The first-order chi connectivity index (χ1) is 13.3. The Bertz CT molecular complexity index is 935. The van der Waals surface area contributed by atoms with Crippen LogP contribution in [0, 0.1) is 21.7 Å². The molecule has 2 amide bonds. The zero-order chi connectivity index (χ0) is 20.7. The van der Waals surface area contributed by atoms with Gasteiger partial charge in [0.2, 0.25) is 5.91 Å². The van der Waals surface area contributed by atoms with Gasteiger partial charge < -0.3 is 15.4 Å². The zero-order valence-electron chi connectivity index (χ0n) is 14.1. The van der Waals surface area contributed by atoms with Crippen LogP contribution in [-0.4, -0.2) is 35.9 Å². The Morgan fingerprint density at radius 1 is 1.04 bits per heavy atom. The van der Waals surface area contributed by atoms with E-state index in [2.05, 4.69) is 15.4 Å². The molecule has 0 saturated carbocycles. The van der Waals surface area contributed by atoms with Crippen LogP contribution in [0.3, 0.4) is 0 Å². The first-order valence-corrected chi connectivity index (χ1v) is 7.70. The van der Waals surface area contributed by atoms with Gasteiger partial charge >= 0.3 is 5.97 Å². The molecule has 2 aromatic carbocycles. The molecule has 0 atom stereocenters. The van der Waals surface area contributed by atoms with Crippen molar-refractivity contribution in [2.75, 3.05) is 18.5 Å². The number of esters is 1. The number of hydrogen-bond donors (Lipinski definition) is 2. The molecule has 0 radical (unpaired) electrons. The van der Waals surface area contributed by atoms with Crippen molar-refractivity contribution in [1.29, 1.82) is 0 Å². The highest BCUT2D eigenvalue weighted by molar-refractivity contribution is 5.96. The minimum Gasteiger partial charge on any atom is -0.452 e. The average Bonchev–Trinajstić information content (AvgIpc) is 2.67. The van der Waals surface area contributed by atoms with Crippen molar-refractivity contribution in [2.24, 2.45) is 0 Å². The third-order valence-corrected chi connectivity index (χ3v) is 3.30. The topological polar surface area (TPSA) is 128 Å². The Labute approximate surface area is 156 Å². The molecule has 0 spiro atoms. The fraction of sp³-hybridized carbons (Fsp3) is 0.118. The van der Waals surface area contributed by atoms with Gasteiger partial charge in [-0.05, 0) is 18.2 Å². The summed E-state index contributed by atoms with van der Waals surface area (Å²) in [5.74, 6) is -4.87. The number of rotatable bonds is 7. The predicted molar refractivity (Wildman–Crippen MR) is 91.4 cm³/mol. The van der Waals surface area contributed by atoms with Gasteiger partial charge in [-0.15, -0.1) is 0 Å². The molecule has 2 N–H and O–H groups in total. The van der Waals surface area contributed by atoms with Crippen molar-refractivity contribution in [1.82, 2.24) is 5.32 Å². The van der Waals surface area contributed by atoms with E-state index in [9.17, 15) is 33.3 Å². The van der Waals surface area contributed by atoms with Crippen LogP contribution in [0.5, 0.6) is 0 Å². The van der Waals surface area contributed by atoms with Crippen LogP contribution in [-0.2, 0) is 14.3 Å². The molecule has 0 bridgehead atoms. The lowest BCUT2D eigenvalue weighted by molar-refractivity contribution is -0.385. The predicted octanol–water partition coefficient (Wildman–Crippen LogP) is 1.78. The number of nitro benzene ring substituents is 1. The largest absolute Gasteiger partial charge is 0.452 e. The molecular weight excluding hydrogens is 380 g/mol. The number of anilines is 1. The molecule has 0 aromatic heterocycles. The summed E-state index contributed by atoms with van der Waals surface area (Å²) < 4.78 is 30.5. The monoisotopic (exact) mass is 393 g/mol. The van der Waals surface area contributed by atoms with E-state index < -0.39 is 53.2 Å². The molecule has 0 aliphatic rings. The molecule has 0 unspecified atom stereocenters. The minimum atomic E-state index is -1.15. The van der Waals surface area contributed by atoms with Crippen LogP contribution in [0.15, 0.2) is 42.5 Å². The van der Waals surface area contributed by atoms with E-state index in [1.807, 2.05) is 0 Å². The number of nitrogens with one attached hydrogen (secondary N) is 2. The molecule has 0 heterocycles. The molecule has 2 aromatic rings. The molecule has 28 heavy (non-hydrogen) atoms. The van der Waals surface area contributed by atoms with Crippen molar-refractivity contribution in [2.45, 2.75) is 0 Å². The van der Waals surface area contributed by atoms with E-state index in [1.54, 1.807) is 0 Å². The van der Waals surface area contributed by atoms with E-state index in [-0.39, 0.29) is 11.3 Å². The molecule has 0 aliphatic heterocycles. The zero-order valence-corrected chi connectivity index (χ0v) is 14.1. The van der Waals surface area contributed by atoms with E-state index in [4.69, 9.17) is 0 Å². The van der Waals surface area contributed by atoms with Crippen molar-refractivity contribution in [3.8, 4) is 0 Å². The summed E-state index contributed by atoms with van der Waals surface area (Å²) in [5.41, 5.74) is -0.809. The van der Waals surface area contributed by atoms with Crippen LogP contribution in [0.2, 0.25) is 0 Å². The highest BCUT2D eigenvalue weighted by Crippen LogP contribution is 2.18. The van der Waals surface area contributed by atoms with Gasteiger partial charge in [-0.1, -0.05) is 12.1 Å². The van der Waals surface area contributed by atoms with Gasteiger partial charge in [-0.2, -0.15) is 0 Å². The van der Waals surface area contributed by atoms with Crippen molar-refractivity contribution >= 4 is 29.2 Å². The lowest BCUT2D eigenvalue weighted by atomic mass is 10.2. The van der Waals surface area contributed by atoms with Crippen LogP contribution in [0.1, 0.15) is 10.4 Å². The summed E-state index contributed by atoms with van der Waals surface area (Å²) in [6, 6.07) is 7.77. The first kappa shape index (κ1) is 20.4. The standard InChI is InChI=1S/C17H13F2N3O6/c18-12-6-5-10(7-13(12)19)21-15(23)8-20-16(24)9-28-17(25)11-3-1-2-4-14(11)22(26)27/h1-7H,8-9H2,(H,20,24)(H,21,23). The third kappa shape index (κ3) is 5.56. The Kier molecular flexibility index (Phi) is 6.68. The van der Waals surface area contributed by atoms with Crippen molar-refractivity contribution < 1.29 is 32.8 Å². The third-order valence-electron chi connectivity index (χ3n) is 3.30. The van der Waals surface area contributed by atoms with Gasteiger partial charge in [-0.25, -0.2) is 13.6 Å². The van der Waals surface area contributed by atoms with Gasteiger partial charge in [0.05, 0.1) is 11.5 Å². The van der Waals surface area contributed by atoms with Gasteiger partial charge in [0.25, 0.3) is 11.6 Å². The second kappa shape index (κ2) is 9.16. The molecule has 9 nitrogen and oxygen atoms in total. The lowest BCUT2D eigenvalue weighted by Gasteiger charge is -2.08. The number of amides is 2. The minimum absolute atomic E-state index is 0.0130. The number of hydrogen-bond acceptors (Lipinski definition) is 6. The van der Waals surface area contributed by atoms with Crippen molar-refractivity contribution in [3.05, 3.63) is 69.8 Å². The lowest BCUT2D eigenvalue weighted by Crippen LogP contribution is -2.35. The second-order valence-electron chi connectivity index (χ2n) is 5.30. The van der Waals surface area contributed by atoms with Gasteiger partial charge in [0.15, 0.2) is 18.2 Å². The summed E-state index contributed by atoms with van der Waals surface area (Å²) in [5, 5.41) is 15.2. The Hall–Kier alpha value is -3.89. The summed E-state index contributed by atoms with van der Waals surface area (Å²) >= 11 is 0. The highest BCUT2D eigenvalue weighted by atomic mass is 19.2. The Balaban J connectivity index is 1.81. The van der Waals surface area contributed by atoms with Crippen molar-refractivity contribution in [3.63, 3.8) is 0 Å². The van der Waals surface area contributed by atoms with Crippen LogP contribution < -0.4 is 10.6 Å². The number of nitrogens with zero attached hydrogens (tertiary/aromatic N) is 1. The second-order valence-corrected chi connectivity index (χ2v) is 5.30. The molecule has 2 rings (SSSR count). The van der Waals surface area contributed by atoms with E-state index in [0.717, 1.165) is 24.3 Å². The molecule has 0 saturated heterocycles. The van der Waals surface area contributed by atoms with E-state index in [0.29, 0.717) is 0 Å².